The Morgan fingerprint density at radius 3 is 2.25 bits per heavy atom. The van der Waals surface area contributed by atoms with Gasteiger partial charge in [0.1, 0.15) is 0 Å². The Morgan fingerprint density at radius 1 is 1.05 bits per heavy atom. The number of hydrogen-bond donors (Lipinski definition) is 1. The van der Waals surface area contributed by atoms with Crippen LogP contribution in [0.2, 0.25) is 0 Å². The van der Waals surface area contributed by atoms with E-state index in [4.69, 9.17) is 5.50 Å². The second-order valence-corrected chi connectivity index (χ2v) is 7.92. The number of nitrogens with two attached hydrogens (primary N) is 1. The van der Waals surface area contributed by atoms with Crippen molar-refractivity contribution in [2.45, 2.75) is 37.0 Å². The van der Waals surface area contributed by atoms with Crippen molar-refractivity contribution in [2.75, 3.05) is 0 Å². The molecule has 0 spiro atoms. The summed E-state index contributed by atoms with van der Waals surface area (Å²) in [6.45, 7) is 2.29. The Hall–Kier alpha value is -1.17. The predicted molar refractivity (Wildman–Crippen MR) is 87.9 cm³/mol. The van der Waals surface area contributed by atoms with Crippen molar-refractivity contribution in [3.05, 3.63) is 71.8 Å². The predicted octanol–water partition coefficient (Wildman–Crippen LogP) is 5.18. The average molecular weight is 283 g/mol. The molecule has 0 saturated carbocycles. The molecule has 1 saturated heterocycles. The van der Waals surface area contributed by atoms with Crippen LogP contribution < -0.4 is 5.50 Å². The third kappa shape index (κ3) is 2.20. The molecule has 2 aromatic carbocycles. The van der Waals surface area contributed by atoms with Gasteiger partial charge in [-0.15, -0.1) is 0 Å². The van der Waals surface area contributed by atoms with E-state index in [0.717, 1.165) is 6.42 Å². The summed E-state index contributed by atoms with van der Waals surface area (Å²) in [6, 6.07) is 21.7. The van der Waals surface area contributed by atoms with E-state index in [1.165, 1.54) is 24.0 Å². The smallest absolute Gasteiger partial charge is 0.0286 e. The maximum Gasteiger partial charge on any atom is 0.0286 e. The van der Waals surface area contributed by atoms with E-state index in [-0.39, 0.29) is 5.16 Å². The molecule has 0 amide bonds. The molecule has 2 heteroatoms. The fraction of sp³-hybridized carbons (Fsp3) is 0.333. The van der Waals surface area contributed by atoms with Crippen molar-refractivity contribution in [1.82, 2.24) is 0 Å². The van der Waals surface area contributed by atoms with Gasteiger partial charge < -0.3 is 5.50 Å². The zero-order chi connectivity index (χ0) is 14.0. The lowest BCUT2D eigenvalue weighted by atomic mass is 9.90. The van der Waals surface area contributed by atoms with Gasteiger partial charge in [-0.3, -0.25) is 0 Å². The van der Waals surface area contributed by atoms with Crippen LogP contribution in [0.15, 0.2) is 60.7 Å². The molecular formula is C18H22NP. The first-order chi connectivity index (χ1) is 9.78. The normalized spacial score (nSPS) is 29.5. The highest BCUT2D eigenvalue weighted by Crippen LogP contribution is 2.70. The maximum absolute atomic E-state index is 6.80. The molecule has 2 N–H and O–H groups in total. The monoisotopic (exact) mass is 283 g/mol. The number of hydrogen-bond acceptors (Lipinski definition) is 1. The molecule has 2 aromatic rings. The van der Waals surface area contributed by atoms with Crippen molar-refractivity contribution in [3.8, 4) is 0 Å². The highest BCUT2D eigenvalue weighted by molar-refractivity contribution is 7.57. The molecular weight excluding hydrogens is 261 g/mol. The van der Waals surface area contributed by atoms with Gasteiger partial charge in [-0.05, 0) is 38.5 Å². The molecule has 1 aliphatic heterocycles. The molecule has 3 unspecified atom stereocenters. The van der Waals surface area contributed by atoms with Crippen molar-refractivity contribution < 1.29 is 0 Å². The zero-order valence-corrected chi connectivity index (χ0v) is 12.9. The Kier molecular flexibility index (Phi) is 3.92. The van der Waals surface area contributed by atoms with Crippen molar-refractivity contribution >= 4 is 8.07 Å². The van der Waals surface area contributed by atoms with Crippen LogP contribution in [0, 0.1) is 0 Å². The zero-order valence-electron chi connectivity index (χ0n) is 12.0. The lowest BCUT2D eigenvalue weighted by Gasteiger charge is -2.35. The van der Waals surface area contributed by atoms with E-state index < -0.39 is 8.07 Å². The molecule has 0 bridgehead atoms. The third-order valence-corrected chi connectivity index (χ3v) is 7.76. The highest BCUT2D eigenvalue weighted by Gasteiger charge is 2.46. The van der Waals surface area contributed by atoms with E-state index in [0.29, 0.717) is 5.66 Å². The summed E-state index contributed by atoms with van der Waals surface area (Å²) in [4.78, 5) is 0. The molecule has 3 atom stereocenters. The summed E-state index contributed by atoms with van der Waals surface area (Å²) in [5, 5.41) is 0.205. The second kappa shape index (κ2) is 5.68. The lowest BCUT2D eigenvalue weighted by molar-refractivity contribution is 0.554. The molecule has 1 nitrogen and oxygen atoms in total. The van der Waals surface area contributed by atoms with Gasteiger partial charge >= 0.3 is 0 Å². The molecule has 0 radical (unpaired) electrons. The molecule has 0 aromatic heterocycles. The number of rotatable bonds is 3. The summed E-state index contributed by atoms with van der Waals surface area (Å²) in [5.74, 6) is 0. The Labute approximate surface area is 123 Å². The quantitative estimate of drug-likeness (QED) is 0.771. The van der Waals surface area contributed by atoms with E-state index >= 15 is 0 Å². The molecule has 0 aliphatic carbocycles. The topological polar surface area (TPSA) is 26.0 Å². The first-order valence-electron chi connectivity index (χ1n) is 7.42. The minimum atomic E-state index is -0.529. The van der Waals surface area contributed by atoms with Gasteiger partial charge in [0.05, 0.1) is 0 Å². The van der Waals surface area contributed by atoms with E-state index in [1.807, 2.05) is 0 Å². The van der Waals surface area contributed by atoms with E-state index in [2.05, 4.69) is 67.6 Å². The summed E-state index contributed by atoms with van der Waals surface area (Å²) in [6.07, 6.45) is 3.58. The maximum atomic E-state index is 6.80. The minimum Gasteiger partial charge on any atom is -0.308 e. The van der Waals surface area contributed by atoms with Crippen molar-refractivity contribution in [3.63, 3.8) is 0 Å². The summed E-state index contributed by atoms with van der Waals surface area (Å²) in [5.41, 5.74) is 10.2. The van der Waals surface area contributed by atoms with Crippen molar-refractivity contribution in [2.24, 2.45) is 5.50 Å². The lowest BCUT2D eigenvalue weighted by Crippen LogP contribution is -2.22. The summed E-state index contributed by atoms with van der Waals surface area (Å²) >= 11 is 0. The SMILES string of the molecule is CCC1(c2ccccc2)CCC(c2ccccc2)P1N. The van der Waals surface area contributed by atoms with Crippen LogP contribution in [0.1, 0.15) is 43.0 Å². The Balaban J connectivity index is 1.96. The van der Waals surface area contributed by atoms with E-state index in [9.17, 15) is 0 Å². The van der Waals surface area contributed by atoms with Gasteiger partial charge in [0.2, 0.25) is 0 Å². The van der Waals surface area contributed by atoms with Crippen LogP contribution >= 0.6 is 8.07 Å². The average Bonchev–Trinajstić information content (AvgIpc) is 2.87. The fourth-order valence-corrected chi connectivity index (χ4v) is 6.25. The summed E-state index contributed by atoms with van der Waals surface area (Å²) in [7, 11) is -0.529. The van der Waals surface area contributed by atoms with Gasteiger partial charge in [-0.2, -0.15) is 0 Å². The van der Waals surface area contributed by atoms with Crippen molar-refractivity contribution in [1.29, 1.82) is 0 Å². The number of benzene rings is 2. The standard InChI is InChI=1S/C18H22NP/c1-2-18(16-11-7-4-8-12-16)14-13-17(20(18)19)15-9-5-3-6-10-15/h3-12,17H,2,13-14,19H2,1H3. The first kappa shape index (κ1) is 13.8. The molecule has 1 fully saturated rings. The van der Waals surface area contributed by atoms with E-state index in [1.54, 1.807) is 0 Å². The van der Waals surface area contributed by atoms with Crippen LogP contribution in [0.5, 0.6) is 0 Å². The molecule has 20 heavy (non-hydrogen) atoms. The van der Waals surface area contributed by atoms with Crippen LogP contribution in [-0.2, 0) is 5.16 Å². The van der Waals surface area contributed by atoms with Crippen LogP contribution in [0.4, 0.5) is 0 Å². The molecule has 104 valence electrons. The largest absolute Gasteiger partial charge is 0.308 e. The van der Waals surface area contributed by atoms with Gasteiger partial charge in [0.25, 0.3) is 0 Å². The van der Waals surface area contributed by atoms with Gasteiger partial charge in [-0.25, -0.2) is 0 Å². The molecule has 1 heterocycles. The van der Waals surface area contributed by atoms with Gasteiger partial charge in [0.15, 0.2) is 0 Å². The third-order valence-electron chi connectivity index (χ3n) is 4.74. The first-order valence-corrected chi connectivity index (χ1v) is 8.90. The molecule has 3 rings (SSSR count). The van der Waals surface area contributed by atoms with Crippen LogP contribution in [-0.4, -0.2) is 0 Å². The second-order valence-electron chi connectivity index (χ2n) is 5.62. The highest BCUT2D eigenvalue weighted by atomic mass is 31.1. The van der Waals surface area contributed by atoms with Crippen LogP contribution in [0.25, 0.3) is 0 Å². The minimum absolute atomic E-state index is 0.205. The molecule has 1 aliphatic rings. The Bertz CT molecular complexity index is 554. The Morgan fingerprint density at radius 2 is 1.65 bits per heavy atom. The fourth-order valence-electron chi connectivity index (χ4n) is 3.55. The van der Waals surface area contributed by atoms with Gasteiger partial charge in [0, 0.05) is 10.8 Å². The summed E-state index contributed by atoms with van der Waals surface area (Å²) < 4.78 is 0. The van der Waals surface area contributed by atoms with Gasteiger partial charge in [-0.1, -0.05) is 67.6 Å². The van der Waals surface area contributed by atoms with Crippen LogP contribution in [0.3, 0.4) is 0 Å².